The molecule has 0 aromatic heterocycles. The smallest absolute Gasteiger partial charge is 0.326 e. The first-order valence-electron chi connectivity index (χ1n) is 11.5. The van der Waals surface area contributed by atoms with Gasteiger partial charge in [0.2, 0.25) is 5.91 Å². The van der Waals surface area contributed by atoms with Crippen LogP contribution in [0.15, 0.2) is 48.5 Å². The van der Waals surface area contributed by atoms with E-state index < -0.39 is 11.9 Å². The van der Waals surface area contributed by atoms with Crippen molar-refractivity contribution in [1.82, 2.24) is 5.32 Å². The second kappa shape index (κ2) is 12.7. The molecule has 33 heavy (non-hydrogen) atoms. The van der Waals surface area contributed by atoms with Crippen LogP contribution in [0.5, 0.6) is 0 Å². The van der Waals surface area contributed by atoms with Crippen molar-refractivity contribution in [3.05, 3.63) is 59.7 Å². The fourth-order valence-electron chi connectivity index (χ4n) is 3.28. The zero-order chi connectivity index (χ0) is 24.3. The molecule has 2 rings (SSSR count). The number of benzene rings is 2. The van der Waals surface area contributed by atoms with Crippen molar-refractivity contribution in [3.8, 4) is 0 Å². The van der Waals surface area contributed by atoms with Gasteiger partial charge in [0.15, 0.2) is 0 Å². The largest absolute Gasteiger partial charge is 0.330 e. The highest BCUT2D eigenvalue weighted by Crippen LogP contribution is 2.22. The number of imide groups is 1. The molecule has 0 aliphatic rings. The number of anilines is 2. The molecule has 0 fully saturated rings. The average molecular weight is 453 g/mol. The second-order valence-corrected chi connectivity index (χ2v) is 9.17. The van der Waals surface area contributed by atoms with Crippen LogP contribution in [0.4, 0.5) is 16.2 Å². The molecule has 0 radical (unpaired) electrons. The first-order chi connectivity index (χ1) is 15.7. The lowest BCUT2D eigenvalue weighted by Crippen LogP contribution is -2.34. The van der Waals surface area contributed by atoms with Gasteiger partial charge in [-0.2, -0.15) is 0 Å². The Bertz CT molecular complexity index is 916. The number of amides is 4. The molecule has 0 unspecified atom stereocenters. The summed E-state index contributed by atoms with van der Waals surface area (Å²) in [7, 11) is 0. The molecule has 178 valence electrons. The Morgan fingerprint density at radius 2 is 1.30 bits per heavy atom. The molecule has 0 aliphatic carbocycles. The third-order valence-corrected chi connectivity index (χ3v) is 5.27. The van der Waals surface area contributed by atoms with Crippen LogP contribution >= 0.6 is 0 Å². The SMILES string of the molecule is CC(C)(C)c1ccc(C(=O)NC(=O)Nc2ccc(NC(=O)CCCCCCCN)cc2)cc1. The highest BCUT2D eigenvalue weighted by Gasteiger charge is 2.15. The van der Waals surface area contributed by atoms with E-state index in [0.29, 0.717) is 23.4 Å². The van der Waals surface area contributed by atoms with Crippen LogP contribution in [0.3, 0.4) is 0 Å². The van der Waals surface area contributed by atoms with Crippen molar-refractivity contribution in [2.75, 3.05) is 17.2 Å². The minimum absolute atomic E-state index is 0.0115. The number of carbonyl (C=O) groups excluding carboxylic acids is 3. The molecule has 0 heterocycles. The van der Waals surface area contributed by atoms with Crippen LogP contribution < -0.4 is 21.7 Å². The lowest BCUT2D eigenvalue weighted by Gasteiger charge is -2.19. The third-order valence-electron chi connectivity index (χ3n) is 5.27. The lowest BCUT2D eigenvalue weighted by atomic mass is 9.87. The molecule has 0 bridgehead atoms. The van der Waals surface area contributed by atoms with Crippen LogP contribution in [0, 0.1) is 0 Å². The minimum Gasteiger partial charge on any atom is -0.330 e. The normalized spacial score (nSPS) is 11.0. The Morgan fingerprint density at radius 3 is 1.88 bits per heavy atom. The highest BCUT2D eigenvalue weighted by atomic mass is 16.2. The molecule has 0 spiro atoms. The predicted octanol–water partition coefficient (Wildman–Crippen LogP) is 5.18. The molecule has 4 amide bonds. The van der Waals surface area contributed by atoms with Crippen molar-refractivity contribution in [2.45, 2.75) is 64.7 Å². The van der Waals surface area contributed by atoms with E-state index in [-0.39, 0.29) is 11.3 Å². The Kier molecular flexibility index (Phi) is 10.1. The molecular formula is C26H36N4O3. The van der Waals surface area contributed by atoms with E-state index in [0.717, 1.165) is 44.2 Å². The first-order valence-corrected chi connectivity index (χ1v) is 11.5. The van der Waals surface area contributed by atoms with Gasteiger partial charge in [-0.1, -0.05) is 52.2 Å². The maximum absolute atomic E-state index is 12.3. The van der Waals surface area contributed by atoms with E-state index in [1.807, 2.05) is 12.1 Å². The first kappa shape index (κ1) is 26.1. The van der Waals surface area contributed by atoms with E-state index in [1.54, 1.807) is 36.4 Å². The van der Waals surface area contributed by atoms with Crippen molar-refractivity contribution < 1.29 is 14.4 Å². The fraction of sp³-hybridized carbons (Fsp3) is 0.423. The van der Waals surface area contributed by atoms with Gasteiger partial charge in [0.1, 0.15) is 0 Å². The zero-order valence-corrected chi connectivity index (χ0v) is 19.9. The summed E-state index contributed by atoms with van der Waals surface area (Å²) in [6.07, 6.45) is 5.58. The fourth-order valence-corrected chi connectivity index (χ4v) is 3.28. The van der Waals surface area contributed by atoms with Crippen LogP contribution in [0.2, 0.25) is 0 Å². The molecule has 7 nitrogen and oxygen atoms in total. The van der Waals surface area contributed by atoms with Gasteiger partial charge in [0, 0.05) is 23.4 Å². The summed E-state index contributed by atoms with van der Waals surface area (Å²) in [5.41, 5.74) is 8.15. The van der Waals surface area contributed by atoms with E-state index >= 15 is 0 Å². The topological polar surface area (TPSA) is 113 Å². The Labute approximate surface area is 196 Å². The summed E-state index contributed by atoms with van der Waals surface area (Å²) in [6, 6.07) is 13.3. The van der Waals surface area contributed by atoms with Gasteiger partial charge in [-0.3, -0.25) is 14.9 Å². The molecule has 5 N–H and O–H groups in total. The monoisotopic (exact) mass is 452 g/mol. The summed E-state index contributed by atoms with van der Waals surface area (Å²) >= 11 is 0. The van der Waals surface area contributed by atoms with E-state index in [1.165, 1.54) is 0 Å². The van der Waals surface area contributed by atoms with Gasteiger partial charge in [-0.05, 0) is 66.8 Å². The molecule has 0 aliphatic heterocycles. The molecule has 2 aromatic rings. The Hall–Kier alpha value is -3.19. The quantitative estimate of drug-likeness (QED) is 0.372. The molecule has 7 heteroatoms. The maximum Gasteiger partial charge on any atom is 0.326 e. The second-order valence-electron chi connectivity index (χ2n) is 9.17. The number of hydrogen-bond donors (Lipinski definition) is 4. The molecule has 0 saturated carbocycles. The molecule has 0 atom stereocenters. The van der Waals surface area contributed by atoms with Crippen molar-refractivity contribution in [3.63, 3.8) is 0 Å². The molecular weight excluding hydrogens is 416 g/mol. The Morgan fingerprint density at radius 1 is 0.758 bits per heavy atom. The van der Waals surface area contributed by atoms with E-state index in [4.69, 9.17) is 5.73 Å². The predicted molar refractivity (Wildman–Crippen MR) is 133 cm³/mol. The average Bonchev–Trinajstić information content (AvgIpc) is 2.77. The van der Waals surface area contributed by atoms with Crippen molar-refractivity contribution in [1.29, 1.82) is 0 Å². The number of urea groups is 1. The highest BCUT2D eigenvalue weighted by molar-refractivity contribution is 6.08. The maximum atomic E-state index is 12.3. The number of carbonyl (C=O) groups is 3. The zero-order valence-electron chi connectivity index (χ0n) is 19.9. The molecule has 2 aromatic carbocycles. The van der Waals surface area contributed by atoms with Gasteiger partial charge in [0.25, 0.3) is 5.91 Å². The summed E-state index contributed by atoms with van der Waals surface area (Å²) in [5.74, 6) is -0.504. The van der Waals surface area contributed by atoms with Crippen LogP contribution in [-0.2, 0) is 10.2 Å². The number of rotatable bonds is 10. The lowest BCUT2D eigenvalue weighted by molar-refractivity contribution is -0.116. The number of unbranched alkanes of at least 4 members (excludes halogenated alkanes) is 4. The van der Waals surface area contributed by atoms with E-state index in [2.05, 4.69) is 36.7 Å². The number of nitrogens with two attached hydrogens (primary N) is 1. The standard InChI is InChI=1S/C26H36N4O3/c1-26(2,3)20-12-10-19(11-13-20)24(32)30-25(33)29-22-16-14-21(15-17-22)28-23(31)9-7-5-4-6-8-18-27/h10-17H,4-9,18,27H2,1-3H3,(H,28,31)(H2,29,30,32,33). The van der Waals surface area contributed by atoms with Gasteiger partial charge >= 0.3 is 6.03 Å². The minimum atomic E-state index is -0.619. The Balaban J connectivity index is 1.76. The summed E-state index contributed by atoms with van der Waals surface area (Å²) in [5, 5.41) is 7.80. The van der Waals surface area contributed by atoms with Crippen molar-refractivity contribution in [2.24, 2.45) is 5.73 Å². The van der Waals surface area contributed by atoms with Crippen LogP contribution in [0.1, 0.15) is 75.2 Å². The summed E-state index contributed by atoms with van der Waals surface area (Å²) in [6.45, 7) is 7.00. The van der Waals surface area contributed by atoms with Gasteiger partial charge in [-0.15, -0.1) is 0 Å². The number of hydrogen-bond acceptors (Lipinski definition) is 4. The van der Waals surface area contributed by atoms with Gasteiger partial charge < -0.3 is 16.4 Å². The van der Waals surface area contributed by atoms with Crippen LogP contribution in [-0.4, -0.2) is 24.4 Å². The van der Waals surface area contributed by atoms with Crippen LogP contribution in [0.25, 0.3) is 0 Å². The number of nitrogens with one attached hydrogen (secondary N) is 3. The van der Waals surface area contributed by atoms with Gasteiger partial charge in [0.05, 0.1) is 0 Å². The van der Waals surface area contributed by atoms with E-state index in [9.17, 15) is 14.4 Å². The third kappa shape index (κ3) is 9.45. The molecule has 0 saturated heterocycles. The van der Waals surface area contributed by atoms with Crippen molar-refractivity contribution >= 4 is 29.2 Å². The summed E-state index contributed by atoms with van der Waals surface area (Å²) in [4.78, 5) is 36.5. The summed E-state index contributed by atoms with van der Waals surface area (Å²) < 4.78 is 0. The van der Waals surface area contributed by atoms with Gasteiger partial charge in [-0.25, -0.2) is 4.79 Å².